The van der Waals surface area contributed by atoms with E-state index in [0.29, 0.717) is 0 Å². The van der Waals surface area contributed by atoms with Gasteiger partial charge in [-0.15, -0.1) is 9.24 Å². The molecule has 0 spiro atoms. The van der Waals surface area contributed by atoms with Crippen molar-refractivity contribution < 1.29 is 9.53 Å². The van der Waals surface area contributed by atoms with E-state index >= 15 is 0 Å². The number of amides is 1. The van der Waals surface area contributed by atoms with E-state index < -0.39 is 0 Å². The number of nitrogens with one attached hydrogen (secondary N) is 1. The maximum Gasteiger partial charge on any atom is 0.204 e. The lowest BCUT2D eigenvalue weighted by atomic mass is 10.1. The average molecular weight is 396 g/mol. The number of nitrogen functional groups attached to an aromatic ring is 1. The molecule has 6 heteroatoms. The topological polar surface area (TPSA) is 90.4 Å². The first-order chi connectivity index (χ1) is 12.9. The number of aryl methyl sites for hydroxylation is 2. The fourth-order valence-electron chi connectivity index (χ4n) is 1.59. The van der Waals surface area contributed by atoms with Crippen molar-refractivity contribution in [2.45, 2.75) is 20.3 Å². The number of rotatable bonds is 3. The second-order valence-corrected chi connectivity index (χ2v) is 5.29. The molecule has 0 bridgehead atoms. The molecule has 0 saturated carbocycles. The molecule has 1 atom stereocenters. The molecular formula is C21H38N3O2P. The maximum absolute atomic E-state index is 8.58. The van der Waals surface area contributed by atoms with Crippen LogP contribution in [0.25, 0.3) is 0 Å². The van der Waals surface area contributed by atoms with E-state index in [9.17, 15) is 0 Å². The number of benzene rings is 2. The molecule has 5 nitrogen and oxygen atoms in total. The lowest BCUT2D eigenvalue weighted by molar-refractivity contribution is -0.106. The van der Waals surface area contributed by atoms with E-state index in [-0.39, 0.29) is 6.41 Å². The molecule has 2 rings (SSSR count). The van der Waals surface area contributed by atoms with Crippen molar-refractivity contribution in [3.8, 4) is 0 Å². The molecule has 154 valence electrons. The molecule has 0 aromatic heterocycles. The number of primary amides is 1. The minimum Gasteiger partial charge on any atom is -0.399 e. The van der Waals surface area contributed by atoms with Crippen LogP contribution in [0.2, 0.25) is 0 Å². The molecule has 0 radical (unpaired) electrons. The molecule has 2 aromatic carbocycles. The Bertz CT molecular complexity index is 511. The van der Waals surface area contributed by atoms with Crippen molar-refractivity contribution in [3.63, 3.8) is 0 Å². The molecule has 2 aromatic rings. The van der Waals surface area contributed by atoms with Crippen molar-refractivity contribution in [1.82, 2.24) is 5.32 Å². The molecule has 27 heavy (non-hydrogen) atoms. The van der Waals surface area contributed by atoms with Gasteiger partial charge in [-0.1, -0.05) is 54.2 Å². The van der Waals surface area contributed by atoms with Crippen LogP contribution in [0.1, 0.15) is 16.7 Å². The van der Waals surface area contributed by atoms with E-state index in [1.54, 1.807) is 14.2 Å². The van der Waals surface area contributed by atoms with E-state index in [2.05, 4.69) is 75.3 Å². The van der Waals surface area contributed by atoms with Gasteiger partial charge in [0.2, 0.25) is 6.41 Å². The van der Waals surface area contributed by atoms with Gasteiger partial charge in [-0.2, -0.15) is 0 Å². The third-order valence-corrected chi connectivity index (χ3v) is 2.86. The van der Waals surface area contributed by atoms with Crippen molar-refractivity contribution >= 4 is 21.3 Å². The molecule has 0 saturated heterocycles. The number of methoxy groups -OCH3 is 1. The summed E-state index contributed by atoms with van der Waals surface area (Å²) in [5.41, 5.74) is 14.5. The van der Waals surface area contributed by atoms with Crippen molar-refractivity contribution in [3.05, 3.63) is 65.2 Å². The van der Waals surface area contributed by atoms with Gasteiger partial charge in [-0.05, 0) is 51.6 Å². The highest BCUT2D eigenvalue weighted by Gasteiger charge is 1.90. The Morgan fingerprint density at radius 1 is 0.963 bits per heavy atom. The van der Waals surface area contributed by atoms with Crippen LogP contribution in [0.15, 0.2) is 48.5 Å². The molecule has 1 amide bonds. The summed E-state index contributed by atoms with van der Waals surface area (Å²) in [4.78, 5) is 8.58. The van der Waals surface area contributed by atoms with E-state index in [1.165, 1.54) is 16.7 Å². The largest absolute Gasteiger partial charge is 0.399 e. The number of hydrogen-bond acceptors (Lipinski definition) is 4. The molecule has 0 aliphatic heterocycles. The quantitative estimate of drug-likeness (QED) is 0.423. The number of carbonyl (C=O) groups is 1. The van der Waals surface area contributed by atoms with Gasteiger partial charge < -0.3 is 21.5 Å². The molecular weight excluding hydrogens is 357 g/mol. The van der Waals surface area contributed by atoms with Crippen LogP contribution >= 0.6 is 9.24 Å². The second-order valence-electron chi connectivity index (χ2n) is 5.29. The van der Waals surface area contributed by atoms with Crippen LogP contribution in [0.4, 0.5) is 5.69 Å². The fraction of sp³-hybridized carbons (Fsp3) is 0.381. The summed E-state index contributed by atoms with van der Waals surface area (Å²) in [6, 6.07) is 16.5. The summed E-state index contributed by atoms with van der Waals surface area (Å²) in [5, 5.41) is 3.10. The highest BCUT2D eigenvalue weighted by atomic mass is 31.0. The van der Waals surface area contributed by atoms with Gasteiger partial charge in [0.25, 0.3) is 0 Å². The zero-order chi connectivity index (χ0) is 21.5. The summed E-state index contributed by atoms with van der Waals surface area (Å²) in [6.45, 7) is 7.13. The monoisotopic (exact) mass is 395 g/mol. The number of hydrogen-bond donors (Lipinski definition) is 3. The molecule has 0 aliphatic rings. The third kappa shape index (κ3) is 24.1. The highest BCUT2D eigenvalue weighted by molar-refractivity contribution is 7.15. The normalized spacial score (nSPS) is 8.11. The van der Waals surface area contributed by atoms with Gasteiger partial charge in [0, 0.05) is 19.9 Å². The van der Waals surface area contributed by atoms with Crippen LogP contribution in [0.3, 0.4) is 0 Å². The Hall–Kier alpha value is -1.94. The first-order valence-electron chi connectivity index (χ1n) is 8.60. The highest BCUT2D eigenvalue weighted by Crippen LogP contribution is 2.05. The van der Waals surface area contributed by atoms with Crippen LogP contribution in [-0.4, -0.2) is 40.9 Å². The minimum absolute atomic E-state index is 0.250. The standard InChI is InChI=1S/C9H14N2.C8H10.C2H6O.CH3NO.CH5P/c1-11-7-6-8-2-4-9(10)5-3-8;1-7-3-5-8(2)6-4-7;1-3-2;2-1-3;1-2/h2-5,11H,6-7,10H2,1H3;3-6H,1-2H3;1-2H3;1H,(H2,2,3);2H2,1H3. The zero-order valence-electron chi connectivity index (χ0n) is 17.7. The van der Waals surface area contributed by atoms with Gasteiger partial charge in [0.1, 0.15) is 0 Å². The van der Waals surface area contributed by atoms with Gasteiger partial charge >= 0.3 is 0 Å². The Morgan fingerprint density at radius 3 is 1.59 bits per heavy atom. The third-order valence-electron chi connectivity index (χ3n) is 2.86. The van der Waals surface area contributed by atoms with Crippen LogP contribution in [-0.2, 0) is 16.0 Å². The maximum atomic E-state index is 8.58. The summed E-state index contributed by atoms with van der Waals surface area (Å²) in [7, 11) is 7.62. The first-order valence-corrected chi connectivity index (χ1v) is 9.76. The van der Waals surface area contributed by atoms with E-state index in [1.807, 2.05) is 25.8 Å². The molecule has 1 unspecified atom stereocenters. The predicted molar refractivity (Wildman–Crippen MR) is 123 cm³/mol. The first kappa shape index (κ1) is 29.8. The Labute approximate surface area is 168 Å². The smallest absolute Gasteiger partial charge is 0.204 e. The van der Waals surface area contributed by atoms with Crippen molar-refractivity contribution in [2.75, 3.05) is 40.2 Å². The minimum atomic E-state index is 0.250. The summed E-state index contributed by atoms with van der Waals surface area (Å²) in [6.07, 6.45) is 1.32. The fourth-order valence-corrected chi connectivity index (χ4v) is 1.59. The number of anilines is 1. The van der Waals surface area contributed by atoms with Crippen molar-refractivity contribution in [2.24, 2.45) is 5.73 Å². The summed E-state index contributed by atoms with van der Waals surface area (Å²) < 4.78 is 4.25. The SMILES string of the molecule is CNCCc1ccc(N)cc1.COC.CP.Cc1ccc(C)cc1.NC=O. The van der Waals surface area contributed by atoms with Gasteiger partial charge in [-0.25, -0.2) is 0 Å². The molecule has 0 fully saturated rings. The van der Waals surface area contributed by atoms with E-state index in [4.69, 9.17) is 10.5 Å². The molecule has 0 heterocycles. The Balaban J connectivity index is -0.000000316. The predicted octanol–water partition coefficient (Wildman–Crippen LogP) is 3.19. The van der Waals surface area contributed by atoms with Gasteiger partial charge in [0.15, 0.2) is 0 Å². The number of nitrogens with two attached hydrogens (primary N) is 2. The molecule has 5 N–H and O–H groups in total. The van der Waals surface area contributed by atoms with Crippen LogP contribution in [0, 0.1) is 13.8 Å². The van der Waals surface area contributed by atoms with Crippen LogP contribution in [0.5, 0.6) is 0 Å². The number of likely N-dealkylation sites (N-methyl/N-ethyl adjacent to an activating group) is 1. The van der Waals surface area contributed by atoms with Crippen LogP contribution < -0.4 is 16.8 Å². The second kappa shape index (κ2) is 24.1. The Morgan fingerprint density at radius 2 is 1.30 bits per heavy atom. The Kier molecular flexibility index (Phi) is 26.6. The molecule has 0 aliphatic carbocycles. The lowest BCUT2D eigenvalue weighted by Gasteiger charge is -2.00. The summed E-state index contributed by atoms with van der Waals surface area (Å²) in [5.74, 6) is 0. The average Bonchev–Trinajstić information content (AvgIpc) is 2.67. The number of carbonyl (C=O) groups excluding carboxylic acids is 1. The van der Waals surface area contributed by atoms with Gasteiger partial charge in [-0.3, -0.25) is 4.79 Å². The zero-order valence-corrected chi connectivity index (χ0v) is 18.8. The van der Waals surface area contributed by atoms with Gasteiger partial charge in [0.05, 0.1) is 0 Å². The van der Waals surface area contributed by atoms with E-state index in [0.717, 1.165) is 18.7 Å². The number of ether oxygens (including phenoxy) is 1. The van der Waals surface area contributed by atoms with Crippen molar-refractivity contribution in [1.29, 1.82) is 0 Å². The lowest BCUT2D eigenvalue weighted by Crippen LogP contribution is -2.10. The summed E-state index contributed by atoms with van der Waals surface area (Å²) >= 11 is 0.